The van der Waals surface area contributed by atoms with Crippen molar-refractivity contribution in [1.29, 1.82) is 0 Å². The minimum absolute atomic E-state index is 0.0533. The molecule has 0 spiro atoms. The monoisotopic (exact) mass is 339 g/mol. The Morgan fingerprint density at radius 3 is 2.74 bits per heavy atom. The maximum absolute atomic E-state index is 12.3. The highest BCUT2D eigenvalue weighted by Gasteiger charge is 2.18. The third kappa shape index (κ3) is 3.13. The molecule has 1 heterocycles. The molecule has 1 amide bonds. The first-order valence-electron chi connectivity index (χ1n) is 5.71. The van der Waals surface area contributed by atoms with E-state index in [0.717, 1.165) is 10.0 Å². The predicted molar refractivity (Wildman–Crippen MR) is 81.2 cm³/mol. The van der Waals surface area contributed by atoms with Crippen molar-refractivity contribution < 1.29 is 4.79 Å². The largest absolute Gasteiger partial charge is 0.375 e. The minimum Gasteiger partial charge on any atom is -0.375 e. The van der Waals surface area contributed by atoms with Gasteiger partial charge >= 0.3 is 0 Å². The fourth-order valence-electron chi connectivity index (χ4n) is 1.74. The van der Waals surface area contributed by atoms with Crippen LogP contribution < -0.4 is 5.73 Å². The van der Waals surface area contributed by atoms with E-state index >= 15 is 0 Å². The number of rotatable bonds is 3. The molecule has 0 unspecified atom stereocenters. The second kappa shape index (κ2) is 5.71. The Balaban J connectivity index is 2.16. The Hall–Kier alpha value is -1.40. The Labute approximate surface area is 124 Å². The molecule has 0 aliphatic carbocycles. The highest BCUT2D eigenvalue weighted by molar-refractivity contribution is 9.10. The van der Waals surface area contributed by atoms with Gasteiger partial charge in [0.2, 0.25) is 0 Å². The van der Waals surface area contributed by atoms with Gasteiger partial charge in [-0.25, -0.2) is 4.98 Å². The van der Waals surface area contributed by atoms with E-state index in [9.17, 15) is 4.79 Å². The second-order valence-corrected chi connectivity index (χ2v) is 6.10. The second-order valence-electron chi connectivity index (χ2n) is 4.22. The number of halogens is 1. The maximum Gasteiger partial charge on any atom is 0.265 e. The van der Waals surface area contributed by atoms with Crippen molar-refractivity contribution in [3.63, 3.8) is 0 Å². The van der Waals surface area contributed by atoms with Gasteiger partial charge in [-0.2, -0.15) is 0 Å². The van der Waals surface area contributed by atoms with E-state index in [1.54, 1.807) is 18.9 Å². The first-order valence-corrected chi connectivity index (χ1v) is 7.31. The number of hydrogen-bond donors (Lipinski definition) is 1. The highest BCUT2D eigenvalue weighted by atomic mass is 79.9. The molecular weight excluding hydrogens is 326 g/mol. The summed E-state index contributed by atoms with van der Waals surface area (Å²) in [5.41, 5.74) is 7.37. The fourth-order valence-corrected chi connectivity index (χ4v) is 2.98. The van der Waals surface area contributed by atoms with E-state index in [4.69, 9.17) is 5.73 Å². The molecule has 0 saturated carbocycles. The van der Waals surface area contributed by atoms with Crippen molar-refractivity contribution in [2.75, 3.05) is 12.8 Å². The normalized spacial score (nSPS) is 10.5. The number of hydrogen-bond acceptors (Lipinski definition) is 4. The highest BCUT2D eigenvalue weighted by Crippen LogP contribution is 2.23. The Morgan fingerprint density at radius 2 is 2.16 bits per heavy atom. The third-order valence-corrected chi connectivity index (χ3v) is 4.47. The molecule has 0 bridgehead atoms. The van der Waals surface area contributed by atoms with Crippen LogP contribution in [0.2, 0.25) is 0 Å². The van der Waals surface area contributed by atoms with Gasteiger partial charge in [0.25, 0.3) is 5.91 Å². The lowest BCUT2D eigenvalue weighted by Crippen LogP contribution is -2.26. The molecule has 0 saturated heterocycles. The Bertz CT molecular complexity index is 612. The molecule has 1 aromatic carbocycles. The van der Waals surface area contributed by atoms with Gasteiger partial charge < -0.3 is 10.6 Å². The number of benzene rings is 1. The van der Waals surface area contributed by atoms with E-state index in [1.165, 1.54) is 11.3 Å². The van der Waals surface area contributed by atoms with Crippen LogP contribution >= 0.6 is 27.3 Å². The fraction of sp³-hybridized carbons (Fsp3) is 0.231. The number of aryl methyl sites for hydroxylation is 1. The number of aromatic nitrogens is 1. The molecule has 0 atom stereocenters. The number of nitrogens with two attached hydrogens (primary N) is 1. The molecular formula is C13H14BrN3OS. The van der Waals surface area contributed by atoms with Crippen molar-refractivity contribution in [3.05, 3.63) is 44.9 Å². The van der Waals surface area contributed by atoms with Crippen LogP contribution in [0.3, 0.4) is 0 Å². The van der Waals surface area contributed by atoms with Crippen LogP contribution in [0.25, 0.3) is 0 Å². The molecule has 0 aliphatic rings. The summed E-state index contributed by atoms with van der Waals surface area (Å²) in [4.78, 5) is 18.7. The van der Waals surface area contributed by atoms with Gasteiger partial charge in [-0.15, -0.1) is 0 Å². The maximum atomic E-state index is 12.3. The topological polar surface area (TPSA) is 59.2 Å². The molecule has 1 aromatic heterocycles. The minimum atomic E-state index is -0.0533. The smallest absolute Gasteiger partial charge is 0.265 e. The number of thiazole rings is 1. The lowest BCUT2D eigenvalue weighted by molar-refractivity contribution is 0.0788. The summed E-state index contributed by atoms with van der Waals surface area (Å²) in [5, 5.41) is 0.426. The zero-order valence-corrected chi connectivity index (χ0v) is 13.1. The summed E-state index contributed by atoms with van der Waals surface area (Å²) in [6, 6.07) is 7.85. The molecule has 2 aromatic rings. The van der Waals surface area contributed by atoms with Crippen LogP contribution in [-0.4, -0.2) is 22.8 Å². The van der Waals surface area contributed by atoms with Crippen LogP contribution in [-0.2, 0) is 6.54 Å². The van der Waals surface area contributed by atoms with Gasteiger partial charge in [0, 0.05) is 18.1 Å². The molecule has 0 radical (unpaired) electrons. The standard InChI is InChI=1S/C13H14BrN3OS/c1-8-11(19-13(15)16-8)12(18)17(2)7-9-5-3-4-6-10(9)14/h3-6H,7H2,1-2H3,(H2,15,16). The van der Waals surface area contributed by atoms with Gasteiger partial charge in [0.05, 0.1) is 5.69 Å². The summed E-state index contributed by atoms with van der Waals surface area (Å²) in [6.07, 6.45) is 0. The summed E-state index contributed by atoms with van der Waals surface area (Å²) >= 11 is 4.71. The van der Waals surface area contributed by atoms with E-state index in [-0.39, 0.29) is 5.91 Å². The first-order chi connectivity index (χ1) is 8.99. The van der Waals surface area contributed by atoms with Crippen LogP contribution in [0.15, 0.2) is 28.7 Å². The van der Waals surface area contributed by atoms with Gasteiger partial charge in [-0.05, 0) is 18.6 Å². The van der Waals surface area contributed by atoms with Crippen molar-refractivity contribution >= 4 is 38.3 Å². The Morgan fingerprint density at radius 1 is 1.47 bits per heavy atom. The summed E-state index contributed by atoms with van der Waals surface area (Å²) < 4.78 is 0.996. The molecule has 19 heavy (non-hydrogen) atoms. The van der Waals surface area contributed by atoms with Crippen LogP contribution in [0.5, 0.6) is 0 Å². The van der Waals surface area contributed by atoms with Crippen LogP contribution in [0.4, 0.5) is 5.13 Å². The average molecular weight is 340 g/mol. The van der Waals surface area contributed by atoms with E-state index in [0.29, 0.717) is 22.2 Å². The average Bonchev–Trinajstić information content (AvgIpc) is 2.70. The SMILES string of the molecule is Cc1nc(N)sc1C(=O)N(C)Cc1ccccc1Br. The van der Waals surface area contributed by atoms with Gasteiger partial charge in [-0.1, -0.05) is 45.5 Å². The molecule has 100 valence electrons. The number of carbonyl (C=O) groups is 1. The lowest BCUT2D eigenvalue weighted by Gasteiger charge is -2.17. The van der Waals surface area contributed by atoms with E-state index in [2.05, 4.69) is 20.9 Å². The molecule has 2 N–H and O–H groups in total. The third-order valence-electron chi connectivity index (χ3n) is 2.72. The van der Waals surface area contributed by atoms with Gasteiger partial charge in [0.15, 0.2) is 5.13 Å². The molecule has 0 fully saturated rings. The van der Waals surface area contributed by atoms with E-state index < -0.39 is 0 Å². The number of carbonyl (C=O) groups excluding carboxylic acids is 1. The number of amides is 1. The van der Waals surface area contributed by atoms with Gasteiger partial charge in [-0.3, -0.25) is 4.79 Å². The molecule has 0 aliphatic heterocycles. The van der Waals surface area contributed by atoms with Crippen molar-refractivity contribution in [3.8, 4) is 0 Å². The molecule has 4 nitrogen and oxygen atoms in total. The summed E-state index contributed by atoms with van der Waals surface area (Å²) in [7, 11) is 1.77. The van der Waals surface area contributed by atoms with Crippen molar-refractivity contribution in [2.24, 2.45) is 0 Å². The number of nitrogen functional groups attached to an aromatic ring is 1. The van der Waals surface area contributed by atoms with Gasteiger partial charge in [0.1, 0.15) is 4.88 Å². The lowest BCUT2D eigenvalue weighted by atomic mass is 10.2. The predicted octanol–water partition coefficient (Wildman–Crippen LogP) is 3.07. The summed E-state index contributed by atoms with van der Waals surface area (Å²) in [6.45, 7) is 2.34. The van der Waals surface area contributed by atoms with Crippen molar-refractivity contribution in [2.45, 2.75) is 13.5 Å². The Kier molecular flexibility index (Phi) is 4.21. The zero-order chi connectivity index (χ0) is 14.0. The zero-order valence-electron chi connectivity index (χ0n) is 10.7. The van der Waals surface area contributed by atoms with Crippen molar-refractivity contribution in [1.82, 2.24) is 9.88 Å². The number of nitrogens with zero attached hydrogens (tertiary/aromatic N) is 2. The first kappa shape index (κ1) is 14.0. The summed E-state index contributed by atoms with van der Waals surface area (Å²) in [5.74, 6) is -0.0533. The van der Waals surface area contributed by atoms with Crippen LogP contribution in [0, 0.1) is 6.92 Å². The van der Waals surface area contributed by atoms with Crippen LogP contribution in [0.1, 0.15) is 20.9 Å². The quantitative estimate of drug-likeness (QED) is 0.934. The van der Waals surface area contributed by atoms with E-state index in [1.807, 2.05) is 24.3 Å². The molecule has 6 heteroatoms. The molecule has 2 rings (SSSR count). The number of anilines is 1.